The number of nitrogens with one attached hydrogen (secondary N) is 3. The number of benzene rings is 2. The summed E-state index contributed by atoms with van der Waals surface area (Å²) in [7, 11) is 1.62. The van der Waals surface area contributed by atoms with E-state index in [0.29, 0.717) is 31.2 Å². The first-order valence-electron chi connectivity index (χ1n) is 8.08. The van der Waals surface area contributed by atoms with Crippen molar-refractivity contribution in [2.24, 2.45) is 0 Å². The lowest BCUT2D eigenvalue weighted by molar-refractivity contribution is 0.146. The Morgan fingerprint density at radius 2 is 1.96 bits per heavy atom. The SMILES string of the molecule is COCCOc1cccc(NC(=O)NCc2cc3ccccc3[nH]2)c1. The first-order valence-corrected chi connectivity index (χ1v) is 8.08. The third-order valence-corrected chi connectivity index (χ3v) is 3.67. The van der Waals surface area contributed by atoms with Gasteiger partial charge in [0.1, 0.15) is 12.4 Å². The average molecular weight is 339 g/mol. The number of rotatable bonds is 7. The molecule has 0 spiro atoms. The van der Waals surface area contributed by atoms with Crippen LogP contribution in [0.1, 0.15) is 5.69 Å². The Bertz CT molecular complexity index is 812. The molecule has 0 unspecified atom stereocenters. The normalized spacial score (nSPS) is 10.6. The van der Waals surface area contributed by atoms with Crippen molar-refractivity contribution in [3.05, 3.63) is 60.3 Å². The van der Waals surface area contributed by atoms with Crippen LogP contribution in [0.5, 0.6) is 5.75 Å². The van der Waals surface area contributed by atoms with Crippen molar-refractivity contribution < 1.29 is 14.3 Å². The zero-order chi connectivity index (χ0) is 17.5. The zero-order valence-electron chi connectivity index (χ0n) is 14.0. The molecule has 130 valence electrons. The summed E-state index contributed by atoms with van der Waals surface area (Å²) in [6, 6.07) is 17.0. The van der Waals surface area contributed by atoms with E-state index in [4.69, 9.17) is 9.47 Å². The standard InChI is InChI=1S/C19H21N3O3/c1-24-9-10-25-17-7-4-6-15(12-17)22-19(23)20-13-16-11-14-5-2-3-8-18(14)21-16/h2-8,11-12,21H,9-10,13H2,1H3,(H2,20,22,23). The number of aromatic amines is 1. The number of fused-ring (bicyclic) bond motifs is 1. The van der Waals surface area contributed by atoms with E-state index in [9.17, 15) is 4.79 Å². The van der Waals surface area contributed by atoms with Crippen LogP contribution in [0.25, 0.3) is 10.9 Å². The average Bonchev–Trinajstić information content (AvgIpc) is 3.04. The molecule has 6 nitrogen and oxygen atoms in total. The van der Waals surface area contributed by atoms with Crippen molar-refractivity contribution >= 4 is 22.6 Å². The van der Waals surface area contributed by atoms with Gasteiger partial charge in [0, 0.05) is 30.1 Å². The molecule has 0 saturated heterocycles. The number of carbonyl (C=O) groups excluding carboxylic acids is 1. The monoisotopic (exact) mass is 339 g/mol. The Hall–Kier alpha value is -2.99. The molecule has 0 bridgehead atoms. The summed E-state index contributed by atoms with van der Waals surface area (Å²) in [6.07, 6.45) is 0. The number of para-hydroxylation sites is 1. The highest BCUT2D eigenvalue weighted by molar-refractivity contribution is 5.89. The number of H-pyrrole nitrogens is 1. The lowest BCUT2D eigenvalue weighted by Gasteiger charge is -2.09. The van der Waals surface area contributed by atoms with E-state index in [2.05, 4.69) is 15.6 Å². The Morgan fingerprint density at radius 3 is 2.80 bits per heavy atom. The minimum absolute atomic E-state index is 0.271. The van der Waals surface area contributed by atoms with E-state index in [1.165, 1.54) is 0 Å². The molecule has 0 radical (unpaired) electrons. The molecular weight excluding hydrogens is 318 g/mol. The van der Waals surface area contributed by atoms with Crippen molar-refractivity contribution in [3.63, 3.8) is 0 Å². The quantitative estimate of drug-likeness (QED) is 0.577. The van der Waals surface area contributed by atoms with Crippen LogP contribution in [0, 0.1) is 0 Å². The molecule has 2 amide bonds. The van der Waals surface area contributed by atoms with Gasteiger partial charge in [-0.05, 0) is 29.7 Å². The zero-order valence-corrected chi connectivity index (χ0v) is 14.0. The number of methoxy groups -OCH3 is 1. The lowest BCUT2D eigenvalue weighted by Crippen LogP contribution is -2.28. The van der Waals surface area contributed by atoms with Gasteiger partial charge < -0.3 is 25.1 Å². The largest absolute Gasteiger partial charge is 0.491 e. The number of amides is 2. The molecule has 6 heteroatoms. The van der Waals surface area contributed by atoms with Crippen molar-refractivity contribution in [2.75, 3.05) is 25.6 Å². The van der Waals surface area contributed by atoms with Crippen molar-refractivity contribution in [3.8, 4) is 5.75 Å². The van der Waals surface area contributed by atoms with Crippen molar-refractivity contribution in [1.82, 2.24) is 10.3 Å². The number of carbonyl (C=O) groups is 1. The van der Waals surface area contributed by atoms with Gasteiger partial charge in [0.25, 0.3) is 0 Å². The fourth-order valence-electron chi connectivity index (χ4n) is 2.49. The molecule has 1 heterocycles. The lowest BCUT2D eigenvalue weighted by atomic mass is 10.2. The highest BCUT2D eigenvalue weighted by atomic mass is 16.5. The summed E-state index contributed by atoms with van der Waals surface area (Å²) < 4.78 is 10.5. The van der Waals surface area contributed by atoms with E-state index < -0.39 is 0 Å². The van der Waals surface area contributed by atoms with Crippen molar-refractivity contribution in [1.29, 1.82) is 0 Å². The fraction of sp³-hybridized carbons (Fsp3) is 0.211. The van der Waals surface area contributed by atoms with Gasteiger partial charge in [-0.2, -0.15) is 0 Å². The molecule has 3 N–H and O–H groups in total. The Kier molecular flexibility index (Phi) is 5.53. The molecule has 25 heavy (non-hydrogen) atoms. The topological polar surface area (TPSA) is 75.4 Å². The van der Waals surface area contributed by atoms with Gasteiger partial charge in [-0.1, -0.05) is 24.3 Å². The number of anilines is 1. The molecular formula is C19H21N3O3. The van der Waals surface area contributed by atoms with Crippen molar-refractivity contribution in [2.45, 2.75) is 6.54 Å². The maximum Gasteiger partial charge on any atom is 0.319 e. The molecule has 0 aliphatic carbocycles. The summed E-state index contributed by atoms with van der Waals surface area (Å²) in [5.74, 6) is 0.686. The van der Waals surface area contributed by atoms with Gasteiger partial charge in [-0.15, -0.1) is 0 Å². The minimum atomic E-state index is -0.271. The number of ether oxygens (including phenoxy) is 2. The summed E-state index contributed by atoms with van der Waals surface area (Å²) in [5.41, 5.74) is 2.68. The number of aromatic nitrogens is 1. The van der Waals surface area contributed by atoms with Crippen LogP contribution in [-0.2, 0) is 11.3 Å². The molecule has 3 aromatic rings. The van der Waals surface area contributed by atoms with Crippen LogP contribution in [0.15, 0.2) is 54.6 Å². The van der Waals surface area contributed by atoms with Gasteiger partial charge in [0.15, 0.2) is 0 Å². The van der Waals surface area contributed by atoms with E-state index in [-0.39, 0.29) is 6.03 Å². The summed E-state index contributed by atoms with van der Waals surface area (Å²) in [5, 5.41) is 6.77. The molecule has 1 aromatic heterocycles. The molecule has 0 atom stereocenters. The highest BCUT2D eigenvalue weighted by Crippen LogP contribution is 2.17. The van der Waals surface area contributed by atoms with E-state index in [1.807, 2.05) is 48.5 Å². The molecule has 0 fully saturated rings. The summed E-state index contributed by atoms with van der Waals surface area (Å²) >= 11 is 0. The van der Waals surface area contributed by atoms with Crippen LogP contribution in [-0.4, -0.2) is 31.3 Å². The first-order chi connectivity index (χ1) is 12.2. The third kappa shape index (κ3) is 4.74. The predicted molar refractivity (Wildman–Crippen MR) is 98.0 cm³/mol. The number of hydrogen-bond acceptors (Lipinski definition) is 3. The van der Waals surface area contributed by atoms with E-state index in [1.54, 1.807) is 13.2 Å². The van der Waals surface area contributed by atoms with Crippen LogP contribution < -0.4 is 15.4 Å². The third-order valence-electron chi connectivity index (χ3n) is 3.67. The van der Waals surface area contributed by atoms with Gasteiger partial charge >= 0.3 is 6.03 Å². The van der Waals surface area contributed by atoms with Crippen LogP contribution in [0.4, 0.5) is 10.5 Å². The first kappa shape index (κ1) is 16.9. The number of hydrogen-bond donors (Lipinski definition) is 3. The van der Waals surface area contributed by atoms with Gasteiger partial charge in [-0.25, -0.2) is 4.79 Å². The minimum Gasteiger partial charge on any atom is -0.491 e. The number of urea groups is 1. The second-order valence-corrected chi connectivity index (χ2v) is 5.56. The highest BCUT2D eigenvalue weighted by Gasteiger charge is 2.05. The van der Waals surface area contributed by atoms with E-state index in [0.717, 1.165) is 16.6 Å². The fourth-order valence-corrected chi connectivity index (χ4v) is 2.49. The van der Waals surface area contributed by atoms with Crippen LogP contribution in [0.2, 0.25) is 0 Å². The molecule has 0 aliphatic heterocycles. The van der Waals surface area contributed by atoms with Crippen LogP contribution in [0.3, 0.4) is 0 Å². The maximum atomic E-state index is 12.1. The summed E-state index contributed by atoms with van der Waals surface area (Å²) in [6.45, 7) is 1.40. The van der Waals surface area contributed by atoms with Gasteiger partial charge in [-0.3, -0.25) is 0 Å². The molecule has 0 saturated carbocycles. The van der Waals surface area contributed by atoms with Gasteiger partial charge in [0.2, 0.25) is 0 Å². The second kappa shape index (κ2) is 8.21. The second-order valence-electron chi connectivity index (χ2n) is 5.56. The van der Waals surface area contributed by atoms with E-state index >= 15 is 0 Å². The van der Waals surface area contributed by atoms with Gasteiger partial charge in [0.05, 0.1) is 13.2 Å². The molecule has 0 aliphatic rings. The smallest absolute Gasteiger partial charge is 0.319 e. The summed E-state index contributed by atoms with van der Waals surface area (Å²) in [4.78, 5) is 15.4. The molecule has 3 rings (SSSR count). The Morgan fingerprint density at radius 1 is 1.08 bits per heavy atom. The Balaban J connectivity index is 1.52. The Labute approximate surface area is 146 Å². The van der Waals surface area contributed by atoms with Crippen LogP contribution >= 0.6 is 0 Å². The predicted octanol–water partition coefficient (Wildman–Crippen LogP) is 3.51. The molecule has 2 aromatic carbocycles. The maximum absolute atomic E-state index is 12.1.